The summed E-state index contributed by atoms with van der Waals surface area (Å²) in [6, 6.07) is 19.1. The molecule has 3 heterocycles. The molecule has 0 aliphatic heterocycles. The van der Waals surface area contributed by atoms with E-state index in [4.69, 9.17) is 15.0 Å². The Balaban J connectivity index is 1.64. The first-order valence-electron chi connectivity index (χ1n) is 9.30. The molecule has 5 rings (SSSR count). The molecule has 0 aliphatic carbocycles. The number of aryl methyl sites for hydroxylation is 3. The molecule has 0 saturated heterocycles. The highest BCUT2D eigenvalue weighted by Crippen LogP contribution is 2.35. The molecule has 0 unspecified atom stereocenters. The van der Waals surface area contributed by atoms with Gasteiger partial charge in [0.1, 0.15) is 10.3 Å². The molecule has 0 amide bonds. The molecule has 0 spiro atoms. The lowest BCUT2D eigenvalue weighted by atomic mass is 10.0. The van der Waals surface area contributed by atoms with Crippen molar-refractivity contribution in [3.8, 4) is 22.4 Å². The summed E-state index contributed by atoms with van der Waals surface area (Å²) < 4.78 is 1.21. The number of benzene rings is 2. The maximum atomic E-state index is 4.80. The predicted molar refractivity (Wildman–Crippen MR) is 118 cm³/mol. The molecular formula is C24H19N3S. The van der Waals surface area contributed by atoms with Crippen molar-refractivity contribution >= 4 is 31.8 Å². The van der Waals surface area contributed by atoms with E-state index in [9.17, 15) is 0 Å². The van der Waals surface area contributed by atoms with Crippen LogP contribution in [0.25, 0.3) is 42.8 Å². The summed E-state index contributed by atoms with van der Waals surface area (Å²) in [6.45, 7) is 6.17. The number of nitrogens with zero attached hydrogens (tertiary/aromatic N) is 3. The van der Waals surface area contributed by atoms with Gasteiger partial charge < -0.3 is 0 Å². The van der Waals surface area contributed by atoms with Crippen molar-refractivity contribution in [1.29, 1.82) is 0 Å². The van der Waals surface area contributed by atoms with Gasteiger partial charge in [0, 0.05) is 27.4 Å². The summed E-state index contributed by atoms with van der Waals surface area (Å²) in [5.41, 5.74) is 8.64. The van der Waals surface area contributed by atoms with E-state index in [0.717, 1.165) is 38.4 Å². The summed E-state index contributed by atoms with van der Waals surface area (Å²) in [7, 11) is 0. The molecule has 2 aromatic carbocycles. The molecule has 0 fully saturated rings. The fourth-order valence-electron chi connectivity index (χ4n) is 3.53. The van der Waals surface area contributed by atoms with Gasteiger partial charge in [-0.15, -0.1) is 11.3 Å². The number of aromatic nitrogens is 3. The van der Waals surface area contributed by atoms with Crippen molar-refractivity contribution < 1.29 is 0 Å². The quantitative estimate of drug-likeness (QED) is 0.350. The van der Waals surface area contributed by atoms with Crippen LogP contribution in [0.15, 0.2) is 60.8 Å². The Kier molecular flexibility index (Phi) is 3.95. The average molecular weight is 382 g/mol. The van der Waals surface area contributed by atoms with Crippen LogP contribution in [0.3, 0.4) is 0 Å². The van der Waals surface area contributed by atoms with Gasteiger partial charge in [-0.2, -0.15) is 0 Å². The second-order valence-corrected chi connectivity index (χ2v) is 8.14. The number of hydrogen-bond acceptors (Lipinski definition) is 4. The summed E-state index contributed by atoms with van der Waals surface area (Å²) in [6.07, 6.45) is 1.98. The van der Waals surface area contributed by atoms with Gasteiger partial charge in [-0.25, -0.2) is 9.97 Å². The Hall–Kier alpha value is -3.11. The molecule has 0 radical (unpaired) electrons. The Bertz CT molecular complexity index is 1340. The van der Waals surface area contributed by atoms with Gasteiger partial charge in [0.25, 0.3) is 0 Å². The second kappa shape index (κ2) is 6.50. The molecule has 136 valence electrons. The lowest BCUT2D eigenvalue weighted by Gasteiger charge is -2.08. The van der Waals surface area contributed by atoms with E-state index in [1.807, 2.05) is 26.1 Å². The van der Waals surface area contributed by atoms with Gasteiger partial charge in [-0.1, -0.05) is 36.4 Å². The maximum absolute atomic E-state index is 4.80. The minimum absolute atomic E-state index is 0.982. The lowest BCUT2D eigenvalue weighted by Crippen LogP contribution is -1.91. The highest BCUT2D eigenvalue weighted by atomic mass is 32.1. The van der Waals surface area contributed by atoms with Crippen molar-refractivity contribution in [3.63, 3.8) is 0 Å². The normalized spacial score (nSPS) is 11.4. The van der Waals surface area contributed by atoms with E-state index >= 15 is 0 Å². The second-order valence-electron chi connectivity index (χ2n) is 7.11. The first-order chi connectivity index (χ1) is 13.6. The van der Waals surface area contributed by atoms with Crippen molar-refractivity contribution in [2.24, 2.45) is 0 Å². The molecule has 4 heteroatoms. The lowest BCUT2D eigenvalue weighted by molar-refractivity contribution is 1.11. The first-order valence-corrected chi connectivity index (χ1v) is 10.1. The summed E-state index contributed by atoms with van der Waals surface area (Å²) >= 11 is 1.70. The Morgan fingerprint density at radius 1 is 0.786 bits per heavy atom. The molecule has 0 bridgehead atoms. The minimum atomic E-state index is 0.982. The van der Waals surface area contributed by atoms with Crippen LogP contribution in [0.5, 0.6) is 0 Å². The van der Waals surface area contributed by atoms with Crippen LogP contribution in [0.1, 0.15) is 17.0 Å². The molecule has 5 aromatic rings. The first kappa shape index (κ1) is 17.0. The van der Waals surface area contributed by atoms with Crippen LogP contribution in [0.4, 0.5) is 0 Å². The third-order valence-electron chi connectivity index (χ3n) is 5.21. The maximum Gasteiger partial charge on any atom is 0.143 e. The fourth-order valence-corrected chi connectivity index (χ4v) is 4.58. The Morgan fingerprint density at radius 3 is 2.36 bits per heavy atom. The molecule has 0 aliphatic rings. The largest absolute Gasteiger partial charge is 0.256 e. The smallest absolute Gasteiger partial charge is 0.143 e. The summed E-state index contributed by atoms with van der Waals surface area (Å²) in [5.74, 6) is 0. The van der Waals surface area contributed by atoms with E-state index in [-0.39, 0.29) is 0 Å². The molecule has 28 heavy (non-hydrogen) atoms. The van der Waals surface area contributed by atoms with Gasteiger partial charge in [0.2, 0.25) is 0 Å². The Labute approximate surface area is 167 Å². The summed E-state index contributed by atoms with van der Waals surface area (Å²) in [5, 5.41) is 1.15. The number of rotatable bonds is 2. The van der Waals surface area contributed by atoms with Crippen molar-refractivity contribution in [2.75, 3.05) is 0 Å². The number of hydrogen-bond donors (Lipinski definition) is 0. The number of pyridine rings is 1. The van der Waals surface area contributed by atoms with E-state index in [1.54, 1.807) is 11.3 Å². The summed E-state index contributed by atoms with van der Waals surface area (Å²) in [4.78, 5) is 15.3. The zero-order chi connectivity index (χ0) is 19.3. The average Bonchev–Trinajstić information content (AvgIpc) is 3.05. The van der Waals surface area contributed by atoms with Crippen LogP contribution in [0, 0.1) is 20.8 Å². The zero-order valence-corrected chi connectivity index (χ0v) is 16.8. The zero-order valence-electron chi connectivity index (χ0n) is 16.0. The predicted octanol–water partition coefficient (Wildman–Crippen LogP) is 6.50. The van der Waals surface area contributed by atoms with Gasteiger partial charge in [0.15, 0.2) is 0 Å². The standard InChI is InChI=1S/C24H19N3S/c1-14-11-21(25-13-20(14)17-7-5-4-6-8-17)18-9-10-22-19(12-18)23-24(28-22)27-16(3)15(2)26-23/h4-13H,1-3H3. The van der Waals surface area contributed by atoms with Gasteiger partial charge in [-0.3, -0.25) is 4.98 Å². The van der Waals surface area contributed by atoms with Crippen LogP contribution in [-0.2, 0) is 0 Å². The number of fused-ring (bicyclic) bond motifs is 3. The van der Waals surface area contributed by atoms with Gasteiger partial charge in [0.05, 0.1) is 17.1 Å². The van der Waals surface area contributed by atoms with Crippen molar-refractivity contribution in [2.45, 2.75) is 20.8 Å². The Morgan fingerprint density at radius 2 is 1.57 bits per heavy atom. The van der Waals surface area contributed by atoms with Crippen molar-refractivity contribution in [3.05, 3.63) is 77.7 Å². The number of thiophene rings is 1. The molecule has 0 N–H and O–H groups in total. The van der Waals surface area contributed by atoms with Crippen molar-refractivity contribution in [1.82, 2.24) is 15.0 Å². The topological polar surface area (TPSA) is 38.7 Å². The third kappa shape index (κ3) is 2.77. The third-order valence-corrected chi connectivity index (χ3v) is 6.26. The van der Waals surface area contributed by atoms with E-state index in [0.29, 0.717) is 0 Å². The van der Waals surface area contributed by atoms with E-state index in [2.05, 4.69) is 55.5 Å². The fraction of sp³-hybridized carbons (Fsp3) is 0.125. The van der Waals surface area contributed by atoms with Gasteiger partial charge >= 0.3 is 0 Å². The van der Waals surface area contributed by atoms with Crippen LogP contribution in [0.2, 0.25) is 0 Å². The SMILES string of the molecule is Cc1cc(-c2ccc3sc4nc(C)c(C)nc4c3c2)ncc1-c1ccccc1. The van der Waals surface area contributed by atoms with E-state index < -0.39 is 0 Å². The van der Waals surface area contributed by atoms with Crippen LogP contribution in [-0.4, -0.2) is 15.0 Å². The highest BCUT2D eigenvalue weighted by Gasteiger charge is 2.12. The highest BCUT2D eigenvalue weighted by molar-refractivity contribution is 7.25. The minimum Gasteiger partial charge on any atom is -0.256 e. The molecule has 3 aromatic heterocycles. The van der Waals surface area contributed by atoms with E-state index in [1.165, 1.54) is 21.4 Å². The monoisotopic (exact) mass is 381 g/mol. The van der Waals surface area contributed by atoms with Crippen LogP contribution < -0.4 is 0 Å². The molecular weight excluding hydrogens is 362 g/mol. The van der Waals surface area contributed by atoms with Gasteiger partial charge in [-0.05, 0) is 50.1 Å². The van der Waals surface area contributed by atoms with Crippen LogP contribution >= 0.6 is 11.3 Å². The molecule has 3 nitrogen and oxygen atoms in total. The molecule has 0 saturated carbocycles. The molecule has 0 atom stereocenters.